The number of aliphatic hydroxyl groups is 1. The van der Waals surface area contributed by atoms with Crippen LogP contribution in [0.1, 0.15) is 31.2 Å². The molecule has 0 bridgehead atoms. The summed E-state index contributed by atoms with van der Waals surface area (Å²) >= 11 is 1.89. The number of benzene rings is 2. The monoisotopic (exact) mass is 494 g/mol. The quantitative estimate of drug-likeness (QED) is 0.258. The second kappa shape index (κ2) is 13.1. The first-order valence-corrected chi connectivity index (χ1v) is 13.7. The summed E-state index contributed by atoms with van der Waals surface area (Å²) < 4.78 is 10.7. The maximum absolute atomic E-state index is 10.1. The van der Waals surface area contributed by atoms with Gasteiger partial charge >= 0.3 is 0 Å². The van der Waals surface area contributed by atoms with Gasteiger partial charge in [0.2, 0.25) is 0 Å². The van der Waals surface area contributed by atoms with Gasteiger partial charge in [-0.15, -0.1) is 11.8 Å². The number of aryl methyl sites for hydroxylation is 1. The van der Waals surface area contributed by atoms with Gasteiger partial charge in [-0.05, 0) is 111 Å². The van der Waals surface area contributed by atoms with E-state index in [0.717, 1.165) is 61.7 Å². The molecule has 1 aliphatic rings. The van der Waals surface area contributed by atoms with Gasteiger partial charge in [0.15, 0.2) is 0 Å². The van der Waals surface area contributed by atoms with Crippen molar-refractivity contribution in [3.8, 4) is 11.5 Å². The van der Waals surface area contributed by atoms with Gasteiger partial charge in [-0.25, -0.2) is 0 Å². The number of likely N-dealkylation sites (tertiary alicyclic amines) is 1. The lowest BCUT2D eigenvalue weighted by molar-refractivity contribution is 0.0677. The van der Waals surface area contributed by atoms with E-state index in [-0.39, 0.29) is 6.61 Å². The van der Waals surface area contributed by atoms with Gasteiger partial charge in [0.05, 0.1) is 19.7 Å². The van der Waals surface area contributed by atoms with Gasteiger partial charge in [0, 0.05) is 29.6 Å². The number of thioether (sulfide) groups is 1. The minimum absolute atomic E-state index is 0.287. The molecule has 0 spiro atoms. The van der Waals surface area contributed by atoms with Crippen molar-refractivity contribution in [2.75, 3.05) is 46.2 Å². The van der Waals surface area contributed by atoms with E-state index in [9.17, 15) is 5.11 Å². The molecule has 2 atom stereocenters. The molecule has 0 unspecified atom stereocenters. The van der Waals surface area contributed by atoms with E-state index >= 15 is 0 Å². The minimum Gasteiger partial charge on any atom is -0.497 e. The smallest absolute Gasteiger partial charge is 0.119 e. The first kappa shape index (κ1) is 25.8. The van der Waals surface area contributed by atoms with Crippen molar-refractivity contribution < 1.29 is 14.6 Å². The Balaban J connectivity index is 1.21. The number of hydrogen-bond donors (Lipinski definition) is 1. The number of piperidine rings is 1. The lowest BCUT2D eigenvalue weighted by atomic mass is 9.82. The molecule has 4 rings (SSSR count). The maximum Gasteiger partial charge on any atom is 0.119 e. The van der Waals surface area contributed by atoms with Crippen LogP contribution in [0.15, 0.2) is 59.6 Å². The van der Waals surface area contributed by atoms with Crippen LogP contribution in [0.5, 0.6) is 11.5 Å². The molecule has 0 saturated carbocycles. The minimum atomic E-state index is 0.287. The summed E-state index contributed by atoms with van der Waals surface area (Å²) in [7, 11) is 3.42. The van der Waals surface area contributed by atoms with Crippen molar-refractivity contribution in [2.45, 2.75) is 37.0 Å². The predicted octanol–water partition coefficient (Wildman–Crippen LogP) is 5.69. The van der Waals surface area contributed by atoms with E-state index in [1.54, 1.807) is 14.2 Å². The molecule has 1 aliphatic heterocycles. The molecular formula is C29H38N2O3S. The average molecular weight is 495 g/mol. The van der Waals surface area contributed by atoms with E-state index in [1.165, 1.54) is 28.7 Å². The Morgan fingerprint density at radius 2 is 1.89 bits per heavy atom. The summed E-state index contributed by atoms with van der Waals surface area (Å²) in [5, 5.41) is 11.3. The molecule has 2 aromatic carbocycles. The Bertz CT molecular complexity index is 1080. The molecule has 0 amide bonds. The second-order valence-electron chi connectivity index (χ2n) is 9.42. The molecule has 5 nitrogen and oxygen atoms in total. The van der Waals surface area contributed by atoms with Crippen LogP contribution in [0.4, 0.5) is 0 Å². The number of fused-ring (bicyclic) bond motifs is 1. The third-order valence-electron chi connectivity index (χ3n) is 7.20. The molecule has 6 heteroatoms. The molecule has 188 valence electrons. The molecule has 3 aromatic rings. The lowest BCUT2D eigenvalue weighted by Crippen LogP contribution is -2.42. The fourth-order valence-electron chi connectivity index (χ4n) is 5.20. The van der Waals surface area contributed by atoms with Crippen molar-refractivity contribution in [2.24, 2.45) is 11.8 Å². The van der Waals surface area contributed by atoms with E-state index in [1.807, 2.05) is 42.2 Å². The molecule has 0 radical (unpaired) electrons. The van der Waals surface area contributed by atoms with E-state index in [2.05, 4.69) is 34.1 Å². The number of nitrogens with zero attached hydrogens (tertiary/aromatic N) is 2. The van der Waals surface area contributed by atoms with Gasteiger partial charge in [-0.3, -0.25) is 4.98 Å². The normalized spacial score (nSPS) is 18.6. The summed E-state index contributed by atoms with van der Waals surface area (Å²) in [6.07, 6.45) is 7.58. The highest BCUT2D eigenvalue weighted by molar-refractivity contribution is 7.99. The van der Waals surface area contributed by atoms with Crippen LogP contribution < -0.4 is 9.47 Å². The van der Waals surface area contributed by atoms with Gasteiger partial charge < -0.3 is 19.5 Å². The topological polar surface area (TPSA) is 54.8 Å². The molecule has 2 heterocycles. The largest absolute Gasteiger partial charge is 0.497 e. The summed E-state index contributed by atoms with van der Waals surface area (Å²) in [6, 6.07) is 16.5. The van der Waals surface area contributed by atoms with E-state index in [4.69, 9.17) is 9.47 Å². The highest BCUT2D eigenvalue weighted by Gasteiger charge is 2.28. The van der Waals surface area contributed by atoms with E-state index in [0.29, 0.717) is 11.8 Å². The van der Waals surface area contributed by atoms with Gasteiger partial charge in [0.25, 0.3) is 0 Å². The summed E-state index contributed by atoms with van der Waals surface area (Å²) in [4.78, 5) is 8.31. The summed E-state index contributed by atoms with van der Waals surface area (Å²) in [5.41, 5.74) is 2.36. The fraction of sp³-hybridized carbons (Fsp3) is 0.483. The molecule has 35 heavy (non-hydrogen) atoms. The standard InChI is InChI=1S/C29H38N2O3S/c1-33-25-8-4-9-27(18-25)35-17-5-15-31-16-13-22(24(20-31)21-32)6-3-7-23-12-14-30-29-11-10-26(34-2)19-28(23)29/h4,8-12,14,18-19,22,24,32H,3,5-7,13,15-17,20-21H2,1-2H3/t22-,24-/m1/s1. The van der Waals surface area contributed by atoms with Crippen LogP contribution in [0.2, 0.25) is 0 Å². The van der Waals surface area contributed by atoms with Gasteiger partial charge in [-0.2, -0.15) is 0 Å². The Kier molecular flexibility index (Phi) is 9.69. The zero-order valence-electron chi connectivity index (χ0n) is 21.0. The number of aromatic nitrogens is 1. The molecule has 1 fully saturated rings. The number of methoxy groups -OCH3 is 2. The van der Waals surface area contributed by atoms with Crippen molar-refractivity contribution in [3.05, 3.63) is 60.3 Å². The number of rotatable bonds is 12. The third-order valence-corrected chi connectivity index (χ3v) is 8.28. The van der Waals surface area contributed by atoms with Crippen molar-refractivity contribution >= 4 is 22.7 Å². The Labute approximate surface area is 213 Å². The number of aliphatic hydroxyl groups excluding tert-OH is 1. The van der Waals surface area contributed by atoms with E-state index < -0.39 is 0 Å². The molecule has 1 saturated heterocycles. The first-order valence-electron chi connectivity index (χ1n) is 12.7. The maximum atomic E-state index is 10.1. The predicted molar refractivity (Wildman–Crippen MR) is 145 cm³/mol. The van der Waals surface area contributed by atoms with Crippen LogP contribution in [0.3, 0.4) is 0 Å². The zero-order valence-corrected chi connectivity index (χ0v) is 21.8. The van der Waals surface area contributed by atoms with Crippen LogP contribution in [0.25, 0.3) is 10.9 Å². The Hall–Kier alpha value is -2.28. The SMILES string of the molecule is COc1cccc(SCCCN2CC[C@@H](CCCc3ccnc4ccc(OC)cc34)[C@@H](CO)C2)c1. The van der Waals surface area contributed by atoms with Crippen molar-refractivity contribution in [3.63, 3.8) is 0 Å². The highest BCUT2D eigenvalue weighted by Crippen LogP contribution is 2.30. The van der Waals surface area contributed by atoms with Crippen molar-refractivity contribution in [1.29, 1.82) is 0 Å². The van der Waals surface area contributed by atoms with Gasteiger partial charge in [0.1, 0.15) is 11.5 Å². The van der Waals surface area contributed by atoms with Crippen LogP contribution >= 0.6 is 11.8 Å². The zero-order chi connectivity index (χ0) is 24.5. The van der Waals surface area contributed by atoms with Crippen LogP contribution in [-0.4, -0.2) is 61.2 Å². The lowest BCUT2D eigenvalue weighted by Gasteiger charge is -2.38. The third kappa shape index (κ3) is 7.12. The average Bonchev–Trinajstić information content (AvgIpc) is 2.91. The molecule has 0 aliphatic carbocycles. The van der Waals surface area contributed by atoms with Crippen molar-refractivity contribution in [1.82, 2.24) is 9.88 Å². The fourth-order valence-corrected chi connectivity index (χ4v) is 6.08. The second-order valence-corrected chi connectivity index (χ2v) is 10.6. The molecular weight excluding hydrogens is 456 g/mol. The number of hydrogen-bond acceptors (Lipinski definition) is 6. The number of pyridine rings is 1. The first-order chi connectivity index (χ1) is 17.2. The molecule has 1 N–H and O–H groups in total. The van der Waals surface area contributed by atoms with Gasteiger partial charge in [-0.1, -0.05) is 6.07 Å². The summed E-state index contributed by atoms with van der Waals surface area (Å²) in [6.45, 7) is 3.54. The number of ether oxygens (including phenoxy) is 2. The Morgan fingerprint density at radius 1 is 1.03 bits per heavy atom. The Morgan fingerprint density at radius 3 is 2.71 bits per heavy atom. The molecule has 1 aromatic heterocycles. The van der Waals surface area contributed by atoms with Crippen LogP contribution in [0, 0.1) is 11.8 Å². The highest BCUT2D eigenvalue weighted by atomic mass is 32.2. The summed E-state index contributed by atoms with van der Waals surface area (Å²) in [5.74, 6) is 3.87. The van der Waals surface area contributed by atoms with Crippen LogP contribution in [-0.2, 0) is 6.42 Å².